The van der Waals surface area contributed by atoms with E-state index in [2.05, 4.69) is 5.32 Å². The highest BCUT2D eigenvalue weighted by Crippen LogP contribution is 2.42. The maximum atomic E-state index is 12.5. The highest BCUT2D eigenvalue weighted by atomic mass is 19.4. The Morgan fingerprint density at radius 2 is 2.00 bits per heavy atom. The van der Waals surface area contributed by atoms with Gasteiger partial charge in [-0.25, -0.2) is 0 Å². The summed E-state index contributed by atoms with van der Waals surface area (Å²) in [5.41, 5.74) is -1.66. The predicted molar refractivity (Wildman–Crippen MR) is 59.4 cm³/mol. The highest BCUT2D eigenvalue weighted by Gasteiger charge is 2.39. The number of benzene rings is 1. The van der Waals surface area contributed by atoms with Crippen molar-refractivity contribution in [2.45, 2.75) is 31.5 Å². The van der Waals surface area contributed by atoms with Crippen molar-refractivity contribution in [2.24, 2.45) is 0 Å². The largest absolute Gasteiger partial charge is 0.416 e. The first kappa shape index (κ1) is 12.7. The van der Waals surface area contributed by atoms with Crippen LogP contribution in [0.25, 0.3) is 0 Å². The molecular formula is C11H11F3N2O2. The van der Waals surface area contributed by atoms with Crippen LogP contribution in [0.4, 0.5) is 24.5 Å². The normalized spacial score (nSPS) is 17.3. The molecule has 0 bridgehead atoms. The van der Waals surface area contributed by atoms with E-state index in [4.69, 9.17) is 0 Å². The van der Waals surface area contributed by atoms with Crippen LogP contribution in [0.15, 0.2) is 18.2 Å². The van der Waals surface area contributed by atoms with Crippen LogP contribution in [0.5, 0.6) is 0 Å². The summed E-state index contributed by atoms with van der Waals surface area (Å²) in [6.07, 6.45) is -2.87. The third-order valence-electron chi connectivity index (χ3n) is 2.96. The van der Waals surface area contributed by atoms with Gasteiger partial charge in [-0.05, 0) is 31.9 Å². The van der Waals surface area contributed by atoms with Crippen LogP contribution in [0.1, 0.15) is 25.3 Å². The molecule has 0 atom stereocenters. The summed E-state index contributed by atoms with van der Waals surface area (Å²) in [5.74, 6) is 0. The second-order valence-electron chi connectivity index (χ2n) is 4.67. The molecule has 1 fully saturated rings. The lowest BCUT2D eigenvalue weighted by molar-refractivity contribution is -0.384. The van der Waals surface area contributed by atoms with Gasteiger partial charge in [-0.2, -0.15) is 13.2 Å². The van der Waals surface area contributed by atoms with Crippen molar-refractivity contribution in [3.05, 3.63) is 33.9 Å². The molecule has 0 saturated heterocycles. The Morgan fingerprint density at radius 1 is 1.39 bits per heavy atom. The molecule has 0 aliphatic heterocycles. The number of hydrogen-bond donors (Lipinski definition) is 1. The third-order valence-corrected chi connectivity index (χ3v) is 2.96. The molecule has 0 radical (unpaired) electrons. The average molecular weight is 260 g/mol. The minimum atomic E-state index is -4.58. The summed E-state index contributed by atoms with van der Waals surface area (Å²) in [5, 5.41) is 13.7. The molecule has 1 aliphatic carbocycles. The number of rotatable bonds is 3. The smallest absolute Gasteiger partial charge is 0.374 e. The number of hydrogen-bond acceptors (Lipinski definition) is 3. The maximum absolute atomic E-state index is 12.5. The first-order chi connectivity index (χ1) is 8.21. The molecule has 0 spiro atoms. The van der Waals surface area contributed by atoms with Gasteiger partial charge in [-0.15, -0.1) is 0 Å². The molecule has 4 nitrogen and oxygen atoms in total. The van der Waals surface area contributed by atoms with Gasteiger partial charge in [0.2, 0.25) is 0 Å². The van der Waals surface area contributed by atoms with Gasteiger partial charge in [0.05, 0.1) is 10.5 Å². The summed E-state index contributed by atoms with van der Waals surface area (Å²) in [4.78, 5) is 10.0. The molecule has 1 aliphatic rings. The minimum absolute atomic E-state index is 0.132. The SMILES string of the molecule is CC1(Nc2ccc(C(F)(F)F)cc2[N+](=O)[O-])CC1. The van der Waals surface area contributed by atoms with Gasteiger partial charge in [0.1, 0.15) is 5.69 Å². The molecule has 0 aromatic heterocycles. The molecule has 1 saturated carbocycles. The molecule has 1 aromatic rings. The Hall–Kier alpha value is -1.79. The third kappa shape index (κ3) is 2.55. The fraction of sp³-hybridized carbons (Fsp3) is 0.455. The standard InChI is InChI=1S/C11H11F3N2O2/c1-10(4-5-10)15-8-3-2-7(11(12,13)14)6-9(8)16(17)18/h2-3,6,15H,4-5H2,1H3. The van der Waals surface area contributed by atoms with Crippen LogP contribution in [0, 0.1) is 10.1 Å². The Balaban J connectivity index is 2.38. The zero-order chi connectivity index (χ0) is 13.6. The van der Waals surface area contributed by atoms with Crippen LogP contribution in [0.3, 0.4) is 0 Å². The van der Waals surface area contributed by atoms with E-state index >= 15 is 0 Å². The monoisotopic (exact) mass is 260 g/mol. The summed E-state index contributed by atoms with van der Waals surface area (Å²) in [6.45, 7) is 1.87. The number of alkyl halides is 3. The second kappa shape index (κ2) is 3.86. The highest BCUT2D eigenvalue weighted by molar-refractivity contribution is 5.64. The van der Waals surface area contributed by atoms with E-state index in [1.54, 1.807) is 0 Å². The van der Waals surface area contributed by atoms with E-state index in [1.807, 2.05) is 6.92 Å². The van der Waals surface area contributed by atoms with Crippen LogP contribution in [0.2, 0.25) is 0 Å². The molecule has 1 aromatic carbocycles. The molecule has 98 valence electrons. The van der Waals surface area contributed by atoms with E-state index in [0.29, 0.717) is 6.07 Å². The zero-order valence-corrected chi connectivity index (χ0v) is 9.54. The fourth-order valence-corrected chi connectivity index (χ4v) is 1.60. The van der Waals surface area contributed by atoms with Gasteiger partial charge in [-0.3, -0.25) is 10.1 Å². The van der Waals surface area contributed by atoms with Crippen molar-refractivity contribution in [1.29, 1.82) is 0 Å². The number of nitrogens with zero attached hydrogens (tertiary/aromatic N) is 1. The van der Waals surface area contributed by atoms with E-state index in [9.17, 15) is 23.3 Å². The lowest BCUT2D eigenvalue weighted by Crippen LogP contribution is -2.17. The Bertz CT molecular complexity index is 496. The molecule has 18 heavy (non-hydrogen) atoms. The number of halogens is 3. The maximum Gasteiger partial charge on any atom is 0.416 e. The molecule has 1 N–H and O–H groups in total. The number of nitro groups is 1. The van der Waals surface area contributed by atoms with Gasteiger partial charge in [0, 0.05) is 11.6 Å². The second-order valence-corrected chi connectivity index (χ2v) is 4.67. The van der Waals surface area contributed by atoms with Gasteiger partial charge < -0.3 is 5.32 Å². The van der Waals surface area contributed by atoms with Crippen molar-refractivity contribution < 1.29 is 18.1 Å². The Labute approximate surface area is 101 Å². The van der Waals surface area contributed by atoms with Crippen LogP contribution < -0.4 is 5.32 Å². The molecule has 0 unspecified atom stereocenters. The molecule has 0 amide bonds. The van der Waals surface area contributed by atoms with Crippen molar-refractivity contribution in [3.63, 3.8) is 0 Å². The van der Waals surface area contributed by atoms with Crippen LogP contribution in [-0.2, 0) is 6.18 Å². The molecular weight excluding hydrogens is 249 g/mol. The van der Waals surface area contributed by atoms with Gasteiger partial charge in [0.15, 0.2) is 0 Å². The predicted octanol–water partition coefficient (Wildman–Crippen LogP) is 3.58. The Kier molecular flexibility index (Phi) is 2.71. The average Bonchev–Trinajstić information content (AvgIpc) is 2.94. The fourth-order valence-electron chi connectivity index (χ4n) is 1.60. The van der Waals surface area contributed by atoms with Crippen molar-refractivity contribution in [1.82, 2.24) is 0 Å². The van der Waals surface area contributed by atoms with Gasteiger partial charge >= 0.3 is 6.18 Å². The molecule has 7 heteroatoms. The summed E-state index contributed by atoms with van der Waals surface area (Å²) in [7, 11) is 0. The lowest BCUT2D eigenvalue weighted by Gasteiger charge is -2.14. The van der Waals surface area contributed by atoms with E-state index < -0.39 is 22.4 Å². The molecule has 0 heterocycles. The van der Waals surface area contributed by atoms with E-state index in [-0.39, 0.29) is 11.2 Å². The quantitative estimate of drug-likeness (QED) is 0.667. The van der Waals surface area contributed by atoms with Crippen LogP contribution in [-0.4, -0.2) is 10.5 Å². The Morgan fingerprint density at radius 3 is 2.44 bits per heavy atom. The molecule has 2 rings (SSSR count). The summed E-state index contributed by atoms with van der Waals surface area (Å²) in [6, 6.07) is 2.53. The van der Waals surface area contributed by atoms with Crippen LogP contribution >= 0.6 is 0 Å². The number of nitro benzene ring substituents is 1. The van der Waals surface area contributed by atoms with E-state index in [0.717, 1.165) is 25.0 Å². The lowest BCUT2D eigenvalue weighted by atomic mass is 10.1. The first-order valence-electron chi connectivity index (χ1n) is 5.35. The van der Waals surface area contributed by atoms with Crippen molar-refractivity contribution in [3.8, 4) is 0 Å². The van der Waals surface area contributed by atoms with Gasteiger partial charge in [-0.1, -0.05) is 0 Å². The minimum Gasteiger partial charge on any atom is -0.374 e. The van der Waals surface area contributed by atoms with Crippen molar-refractivity contribution >= 4 is 11.4 Å². The topological polar surface area (TPSA) is 55.2 Å². The zero-order valence-electron chi connectivity index (χ0n) is 9.54. The summed E-state index contributed by atoms with van der Waals surface area (Å²) < 4.78 is 37.4. The number of nitrogens with one attached hydrogen (secondary N) is 1. The first-order valence-corrected chi connectivity index (χ1v) is 5.35. The summed E-state index contributed by atoms with van der Waals surface area (Å²) >= 11 is 0. The number of anilines is 1. The van der Waals surface area contributed by atoms with E-state index in [1.165, 1.54) is 0 Å². The van der Waals surface area contributed by atoms with Crippen molar-refractivity contribution in [2.75, 3.05) is 5.32 Å². The van der Waals surface area contributed by atoms with Gasteiger partial charge in [0.25, 0.3) is 5.69 Å².